The van der Waals surface area contributed by atoms with Gasteiger partial charge in [0.15, 0.2) is 5.75 Å². The van der Waals surface area contributed by atoms with Crippen molar-refractivity contribution in [1.82, 2.24) is 19.9 Å². The predicted molar refractivity (Wildman–Crippen MR) is 184 cm³/mol. The molecule has 2 aliphatic heterocycles. The van der Waals surface area contributed by atoms with Crippen molar-refractivity contribution in [2.75, 3.05) is 42.6 Å². The summed E-state index contributed by atoms with van der Waals surface area (Å²) in [5, 5.41) is 0.545. The Morgan fingerprint density at radius 3 is 2.20 bits per heavy atom. The number of halogens is 3. The van der Waals surface area contributed by atoms with Crippen molar-refractivity contribution in [2.45, 2.75) is 50.0 Å². The van der Waals surface area contributed by atoms with Gasteiger partial charge in [0.2, 0.25) is 11.9 Å². The Hall–Kier alpha value is -3.98. The normalized spacial score (nSPS) is 18.9. The third-order valence-corrected chi connectivity index (χ3v) is 10.1. The number of aromatic nitrogens is 4. The summed E-state index contributed by atoms with van der Waals surface area (Å²) in [4.78, 5) is 21.6. The van der Waals surface area contributed by atoms with E-state index in [1.54, 1.807) is 36.9 Å². The van der Waals surface area contributed by atoms with Crippen LogP contribution in [-0.4, -0.2) is 71.7 Å². The molecule has 0 aliphatic carbocycles. The van der Waals surface area contributed by atoms with E-state index in [-0.39, 0.29) is 22.4 Å². The second-order valence-electron chi connectivity index (χ2n) is 12.5. The van der Waals surface area contributed by atoms with Gasteiger partial charge in [-0.3, -0.25) is 4.55 Å². The maximum Gasteiger partial charge on any atom is 0.294 e. The SMILES string of the molecule is C[C@H](CCOc1cnc(N2C[C@H](c3cc(F)ccc3F)[C@@H](N)C2)nc1)C1CCN(c2ncc(Cl)cn2)CC1.Cc1ccc(S(=O)(=O)O)cc1. The summed E-state index contributed by atoms with van der Waals surface area (Å²) in [5.74, 6) is 1.72. The molecule has 49 heavy (non-hydrogen) atoms. The van der Waals surface area contributed by atoms with Crippen LogP contribution in [0, 0.1) is 30.4 Å². The van der Waals surface area contributed by atoms with Gasteiger partial charge in [-0.2, -0.15) is 8.42 Å². The van der Waals surface area contributed by atoms with Crippen molar-refractivity contribution in [3.63, 3.8) is 0 Å². The molecule has 15 heteroatoms. The molecule has 2 aliphatic rings. The van der Waals surface area contributed by atoms with Crippen molar-refractivity contribution in [1.29, 1.82) is 0 Å². The number of piperidine rings is 1. The number of ether oxygens (including phenoxy) is 1. The quantitative estimate of drug-likeness (QED) is 0.206. The third-order valence-electron chi connectivity index (χ3n) is 9.01. The minimum atomic E-state index is -4.02. The molecule has 11 nitrogen and oxygen atoms in total. The summed E-state index contributed by atoms with van der Waals surface area (Å²) in [6.07, 6.45) is 9.69. The molecule has 262 valence electrons. The van der Waals surface area contributed by atoms with E-state index in [9.17, 15) is 17.2 Å². The van der Waals surface area contributed by atoms with Gasteiger partial charge in [0.1, 0.15) is 11.6 Å². The Morgan fingerprint density at radius 2 is 1.57 bits per heavy atom. The molecule has 2 aromatic heterocycles. The second kappa shape index (κ2) is 16.2. The molecule has 0 bridgehead atoms. The summed E-state index contributed by atoms with van der Waals surface area (Å²) >= 11 is 5.89. The largest absolute Gasteiger partial charge is 0.490 e. The molecular formula is C34H40ClF2N7O4S. The van der Waals surface area contributed by atoms with Crippen LogP contribution in [0.1, 0.15) is 43.2 Å². The smallest absolute Gasteiger partial charge is 0.294 e. The third kappa shape index (κ3) is 9.81. The van der Waals surface area contributed by atoms with E-state index >= 15 is 0 Å². The lowest BCUT2D eigenvalue weighted by Crippen LogP contribution is -2.36. The zero-order valence-corrected chi connectivity index (χ0v) is 28.9. The number of nitrogens with two attached hydrogens (primary N) is 1. The molecule has 4 heterocycles. The molecular weight excluding hydrogens is 676 g/mol. The predicted octanol–water partition coefficient (Wildman–Crippen LogP) is 5.69. The molecule has 0 spiro atoms. The summed E-state index contributed by atoms with van der Waals surface area (Å²) < 4.78 is 63.4. The van der Waals surface area contributed by atoms with Crippen molar-refractivity contribution < 1.29 is 26.5 Å². The minimum absolute atomic E-state index is 0.0666. The molecule has 0 amide bonds. The Balaban J connectivity index is 0.000000363. The highest BCUT2D eigenvalue weighted by molar-refractivity contribution is 7.85. The van der Waals surface area contributed by atoms with Crippen molar-refractivity contribution in [3.8, 4) is 5.75 Å². The molecule has 4 aromatic rings. The fourth-order valence-electron chi connectivity index (χ4n) is 6.11. The zero-order valence-electron chi connectivity index (χ0n) is 27.3. The Bertz CT molecular complexity index is 1780. The highest BCUT2D eigenvalue weighted by Crippen LogP contribution is 2.32. The van der Waals surface area contributed by atoms with Gasteiger partial charge in [0, 0.05) is 38.1 Å². The van der Waals surface area contributed by atoms with Crippen LogP contribution >= 0.6 is 11.6 Å². The van der Waals surface area contributed by atoms with Gasteiger partial charge in [0.05, 0.1) is 41.3 Å². The van der Waals surface area contributed by atoms with Gasteiger partial charge in [-0.1, -0.05) is 36.2 Å². The highest BCUT2D eigenvalue weighted by Gasteiger charge is 2.34. The number of aryl methyl sites for hydroxylation is 1. The van der Waals surface area contributed by atoms with Crippen LogP contribution in [0.5, 0.6) is 5.75 Å². The second-order valence-corrected chi connectivity index (χ2v) is 14.3. The van der Waals surface area contributed by atoms with Crippen LogP contribution in [0.25, 0.3) is 0 Å². The van der Waals surface area contributed by atoms with Gasteiger partial charge < -0.3 is 20.3 Å². The number of benzene rings is 2. The molecule has 3 N–H and O–H groups in total. The van der Waals surface area contributed by atoms with E-state index in [0.717, 1.165) is 56.0 Å². The Kier molecular flexibility index (Phi) is 12.0. The number of hydrogen-bond donors (Lipinski definition) is 2. The average Bonchev–Trinajstić information content (AvgIpc) is 3.47. The lowest BCUT2D eigenvalue weighted by atomic mass is 9.84. The van der Waals surface area contributed by atoms with E-state index in [0.29, 0.717) is 48.3 Å². The van der Waals surface area contributed by atoms with E-state index in [1.165, 1.54) is 18.2 Å². The molecule has 0 saturated carbocycles. The molecule has 2 saturated heterocycles. The van der Waals surface area contributed by atoms with Crippen molar-refractivity contribution in [3.05, 3.63) is 95.0 Å². The first-order valence-corrected chi connectivity index (χ1v) is 17.9. The fourth-order valence-corrected chi connectivity index (χ4v) is 6.69. The Labute approximate surface area is 290 Å². The summed E-state index contributed by atoms with van der Waals surface area (Å²) in [7, 11) is -4.02. The van der Waals surface area contributed by atoms with E-state index in [1.807, 2.05) is 11.8 Å². The van der Waals surface area contributed by atoms with E-state index in [4.69, 9.17) is 26.6 Å². The van der Waals surface area contributed by atoms with Gasteiger partial charge >= 0.3 is 0 Å². The molecule has 0 radical (unpaired) electrons. The lowest BCUT2D eigenvalue weighted by molar-refractivity contribution is 0.222. The standard InChI is InChI=1S/C27H32ClF2N7O.C7H8O3S/c1-17(18-4-7-36(8-5-18)26-32-11-19(28)12-33-26)6-9-38-21-13-34-27(35-14-21)37-15-23(25(31)16-37)22-10-20(29)2-3-24(22)30;1-6-2-4-7(5-3-6)11(8,9)10/h2-3,10-14,17-18,23,25H,4-9,15-16,31H2,1H3;2-5H,1H3,(H,8,9,10)/t17-,23-,25+;/m1./s1. The number of rotatable bonds is 9. The first kappa shape index (κ1) is 36.3. The van der Waals surface area contributed by atoms with Crippen LogP contribution in [0.4, 0.5) is 20.7 Å². The average molecular weight is 716 g/mol. The van der Waals surface area contributed by atoms with Crippen molar-refractivity contribution >= 4 is 33.6 Å². The molecule has 2 fully saturated rings. The number of hydrogen-bond acceptors (Lipinski definition) is 10. The molecule has 2 aromatic carbocycles. The van der Waals surface area contributed by atoms with Gasteiger partial charge in [-0.25, -0.2) is 28.7 Å². The topological polar surface area (TPSA) is 148 Å². The zero-order chi connectivity index (χ0) is 35.1. The van der Waals surface area contributed by atoms with Crippen LogP contribution in [0.2, 0.25) is 5.02 Å². The Morgan fingerprint density at radius 1 is 0.959 bits per heavy atom. The summed E-state index contributed by atoms with van der Waals surface area (Å²) in [6, 6.07) is 9.11. The first-order chi connectivity index (χ1) is 23.4. The van der Waals surface area contributed by atoms with Crippen molar-refractivity contribution in [2.24, 2.45) is 17.6 Å². The van der Waals surface area contributed by atoms with Gasteiger partial charge in [-0.15, -0.1) is 0 Å². The molecule has 3 atom stereocenters. The number of nitrogens with zero attached hydrogens (tertiary/aromatic N) is 6. The highest BCUT2D eigenvalue weighted by atomic mass is 35.5. The van der Waals surface area contributed by atoms with E-state index < -0.39 is 21.8 Å². The van der Waals surface area contributed by atoms with Gasteiger partial charge in [0.25, 0.3) is 10.1 Å². The van der Waals surface area contributed by atoms with Crippen LogP contribution in [0.15, 0.2) is 72.1 Å². The van der Waals surface area contributed by atoms with Crippen LogP contribution in [0.3, 0.4) is 0 Å². The summed E-state index contributed by atoms with van der Waals surface area (Å²) in [6.45, 7) is 7.44. The maximum atomic E-state index is 14.3. The maximum absolute atomic E-state index is 14.3. The molecule has 0 unspecified atom stereocenters. The fraction of sp³-hybridized carbons (Fsp3) is 0.412. The van der Waals surface area contributed by atoms with E-state index in [2.05, 4.69) is 31.8 Å². The minimum Gasteiger partial charge on any atom is -0.490 e. The first-order valence-electron chi connectivity index (χ1n) is 16.0. The monoisotopic (exact) mass is 715 g/mol. The van der Waals surface area contributed by atoms with Crippen LogP contribution in [-0.2, 0) is 10.1 Å². The molecule has 6 rings (SSSR count). The number of anilines is 2. The lowest BCUT2D eigenvalue weighted by Gasteiger charge is -2.34. The van der Waals surface area contributed by atoms with Crippen LogP contribution < -0.4 is 20.3 Å². The summed E-state index contributed by atoms with van der Waals surface area (Å²) in [5.41, 5.74) is 7.51. The van der Waals surface area contributed by atoms with Gasteiger partial charge in [-0.05, 0) is 73.9 Å².